The largest absolute Gasteiger partial charge is 0.396 e. The van der Waals surface area contributed by atoms with E-state index in [0.29, 0.717) is 30.7 Å². The molecule has 0 aromatic rings. The van der Waals surface area contributed by atoms with E-state index in [9.17, 15) is 5.11 Å². The molecule has 4 atom stereocenters. The van der Waals surface area contributed by atoms with E-state index in [2.05, 4.69) is 12.2 Å². The Labute approximate surface area is 105 Å². The third kappa shape index (κ3) is 3.67. The summed E-state index contributed by atoms with van der Waals surface area (Å²) in [4.78, 5) is 0. The highest BCUT2D eigenvalue weighted by Crippen LogP contribution is 2.26. The van der Waals surface area contributed by atoms with E-state index in [-0.39, 0.29) is 0 Å². The van der Waals surface area contributed by atoms with Crippen LogP contribution in [0.3, 0.4) is 0 Å². The fraction of sp³-hybridized carbons (Fsp3) is 1.00. The molecule has 2 fully saturated rings. The highest BCUT2D eigenvalue weighted by molar-refractivity contribution is 4.86. The number of hydrogen-bond acceptors (Lipinski definition) is 3. The number of hydrogen-bond donors (Lipinski definition) is 2. The van der Waals surface area contributed by atoms with E-state index in [4.69, 9.17) is 4.74 Å². The topological polar surface area (TPSA) is 41.5 Å². The third-order valence-electron chi connectivity index (χ3n) is 4.42. The number of rotatable bonds is 4. The zero-order valence-electron chi connectivity index (χ0n) is 11.0. The lowest BCUT2D eigenvalue weighted by atomic mass is 9.84. The summed E-state index contributed by atoms with van der Waals surface area (Å²) in [6, 6.07) is 1.14. The van der Waals surface area contributed by atoms with Gasteiger partial charge in [0.1, 0.15) is 0 Å². The SMILES string of the molecule is CCC1CC(NC2CCCCC2CO)CCO1. The molecule has 1 aliphatic heterocycles. The first-order valence-electron chi connectivity index (χ1n) is 7.32. The Balaban J connectivity index is 1.81. The molecule has 0 radical (unpaired) electrons. The quantitative estimate of drug-likeness (QED) is 0.792. The van der Waals surface area contributed by atoms with Crippen molar-refractivity contribution >= 4 is 0 Å². The van der Waals surface area contributed by atoms with E-state index in [1.807, 2.05) is 0 Å². The molecule has 3 heteroatoms. The molecule has 1 saturated carbocycles. The molecular formula is C14H27NO2. The average Bonchev–Trinajstić information content (AvgIpc) is 2.39. The van der Waals surface area contributed by atoms with Crippen molar-refractivity contribution in [3.05, 3.63) is 0 Å². The molecule has 1 heterocycles. The standard InChI is InChI=1S/C14H27NO2/c1-2-13-9-12(7-8-17-13)15-14-6-4-3-5-11(14)10-16/h11-16H,2-10H2,1H3. The summed E-state index contributed by atoms with van der Waals surface area (Å²) >= 11 is 0. The van der Waals surface area contributed by atoms with Crippen molar-refractivity contribution < 1.29 is 9.84 Å². The van der Waals surface area contributed by atoms with Crippen molar-refractivity contribution in [1.29, 1.82) is 0 Å². The molecule has 4 unspecified atom stereocenters. The molecule has 1 saturated heterocycles. The van der Waals surface area contributed by atoms with Crippen LogP contribution in [0.4, 0.5) is 0 Å². The fourth-order valence-electron chi connectivity index (χ4n) is 3.26. The average molecular weight is 241 g/mol. The number of nitrogens with one attached hydrogen (secondary N) is 1. The maximum atomic E-state index is 9.42. The molecular weight excluding hydrogens is 214 g/mol. The van der Waals surface area contributed by atoms with Crippen LogP contribution in [-0.4, -0.2) is 36.5 Å². The van der Waals surface area contributed by atoms with Gasteiger partial charge in [-0.15, -0.1) is 0 Å². The predicted octanol–water partition coefficient (Wildman–Crippen LogP) is 2.08. The summed E-state index contributed by atoms with van der Waals surface area (Å²) in [7, 11) is 0. The zero-order chi connectivity index (χ0) is 12.1. The van der Waals surface area contributed by atoms with Gasteiger partial charge in [0, 0.05) is 25.3 Å². The van der Waals surface area contributed by atoms with Crippen LogP contribution in [0.5, 0.6) is 0 Å². The highest BCUT2D eigenvalue weighted by Gasteiger charge is 2.29. The first-order valence-corrected chi connectivity index (χ1v) is 7.32. The maximum Gasteiger partial charge on any atom is 0.0587 e. The molecule has 0 aromatic heterocycles. The van der Waals surface area contributed by atoms with E-state index in [0.717, 1.165) is 25.9 Å². The Kier molecular flexibility index (Phi) is 5.26. The normalized spacial score (nSPS) is 39.2. The Bertz CT molecular complexity index is 222. The van der Waals surface area contributed by atoms with Crippen molar-refractivity contribution in [3.8, 4) is 0 Å². The minimum absolute atomic E-state index is 0.345. The molecule has 2 aliphatic rings. The predicted molar refractivity (Wildman–Crippen MR) is 69.0 cm³/mol. The van der Waals surface area contributed by atoms with Crippen LogP contribution in [0.1, 0.15) is 51.9 Å². The smallest absolute Gasteiger partial charge is 0.0587 e. The first kappa shape index (κ1) is 13.3. The van der Waals surface area contributed by atoms with Crippen LogP contribution < -0.4 is 5.32 Å². The highest BCUT2D eigenvalue weighted by atomic mass is 16.5. The molecule has 100 valence electrons. The zero-order valence-corrected chi connectivity index (χ0v) is 11.0. The molecule has 2 N–H and O–H groups in total. The van der Waals surface area contributed by atoms with E-state index < -0.39 is 0 Å². The van der Waals surface area contributed by atoms with Crippen molar-refractivity contribution in [2.24, 2.45) is 5.92 Å². The second-order valence-corrected chi connectivity index (χ2v) is 5.62. The van der Waals surface area contributed by atoms with Gasteiger partial charge in [-0.3, -0.25) is 0 Å². The van der Waals surface area contributed by atoms with Gasteiger partial charge in [-0.2, -0.15) is 0 Å². The number of ether oxygens (including phenoxy) is 1. The van der Waals surface area contributed by atoms with Gasteiger partial charge in [-0.05, 0) is 38.0 Å². The van der Waals surface area contributed by atoms with Gasteiger partial charge in [-0.1, -0.05) is 19.8 Å². The van der Waals surface area contributed by atoms with Gasteiger partial charge in [-0.25, -0.2) is 0 Å². The van der Waals surface area contributed by atoms with Gasteiger partial charge in [0.25, 0.3) is 0 Å². The van der Waals surface area contributed by atoms with Crippen LogP contribution in [0.2, 0.25) is 0 Å². The Morgan fingerprint density at radius 1 is 1.24 bits per heavy atom. The molecule has 1 aliphatic carbocycles. The van der Waals surface area contributed by atoms with Gasteiger partial charge in [0.2, 0.25) is 0 Å². The van der Waals surface area contributed by atoms with Crippen LogP contribution >= 0.6 is 0 Å². The molecule has 17 heavy (non-hydrogen) atoms. The Hall–Kier alpha value is -0.120. The summed E-state index contributed by atoms with van der Waals surface area (Å²) < 4.78 is 5.71. The lowest BCUT2D eigenvalue weighted by Crippen LogP contribution is -2.48. The summed E-state index contributed by atoms with van der Waals surface area (Å²) in [6.07, 6.45) is 8.86. The minimum atomic E-state index is 0.345. The van der Waals surface area contributed by atoms with Crippen LogP contribution in [0.15, 0.2) is 0 Å². The summed E-state index contributed by atoms with van der Waals surface area (Å²) in [5.74, 6) is 0.478. The van der Waals surface area contributed by atoms with Crippen molar-refractivity contribution in [3.63, 3.8) is 0 Å². The lowest BCUT2D eigenvalue weighted by Gasteiger charge is -2.37. The van der Waals surface area contributed by atoms with Gasteiger partial charge in [0.05, 0.1) is 6.10 Å². The van der Waals surface area contributed by atoms with Gasteiger partial charge >= 0.3 is 0 Å². The van der Waals surface area contributed by atoms with Crippen molar-refractivity contribution in [2.75, 3.05) is 13.2 Å². The maximum absolute atomic E-state index is 9.42. The number of aliphatic hydroxyl groups excluding tert-OH is 1. The molecule has 0 amide bonds. The number of aliphatic hydroxyl groups is 1. The first-order chi connectivity index (χ1) is 8.33. The van der Waals surface area contributed by atoms with E-state index in [1.54, 1.807) is 0 Å². The molecule has 2 rings (SSSR count). The van der Waals surface area contributed by atoms with Crippen molar-refractivity contribution in [1.82, 2.24) is 5.32 Å². The molecule has 0 aromatic carbocycles. The summed E-state index contributed by atoms with van der Waals surface area (Å²) in [5, 5.41) is 13.2. The fourth-order valence-corrected chi connectivity index (χ4v) is 3.26. The van der Waals surface area contributed by atoms with E-state index >= 15 is 0 Å². The summed E-state index contributed by atoms with van der Waals surface area (Å²) in [5.41, 5.74) is 0. The Morgan fingerprint density at radius 2 is 2.06 bits per heavy atom. The molecule has 0 bridgehead atoms. The minimum Gasteiger partial charge on any atom is -0.396 e. The van der Waals surface area contributed by atoms with Crippen LogP contribution in [0, 0.1) is 5.92 Å². The summed E-state index contributed by atoms with van der Waals surface area (Å²) in [6.45, 7) is 3.44. The Morgan fingerprint density at radius 3 is 2.82 bits per heavy atom. The lowest BCUT2D eigenvalue weighted by molar-refractivity contribution is -0.00553. The van der Waals surface area contributed by atoms with Crippen molar-refractivity contribution in [2.45, 2.75) is 70.1 Å². The molecule has 3 nitrogen and oxygen atoms in total. The molecule has 0 spiro atoms. The van der Waals surface area contributed by atoms with Gasteiger partial charge in [0.15, 0.2) is 0 Å². The second kappa shape index (κ2) is 6.72. The van der Waals surface area contributed by atoms with Crippen LogP contribution in [-0.2, 0) is 4.74 Å². The third-order valence-corrected chi connectivity index (χ3v) is 4.42. The monoisotopic (exact) mass is 241 g/mol. The van der Waals surface area contributed by atoms with Crippen LogP contribution in [0.25, 0.3) is 0 Å². The second-order valence-electron chi connectivity index (χ2n) is 5.62. The van der Waals surface area contributed by atoms with Gasteiger partial charge < -0.3 is 15.2 Å². The van der Waals surface area contributed by atoms with E-state index in [1.165, 1.54) is 25.7 Å².